The van der Waals surface area contributed by atoms with Crippen molar-refractivity contribution in [1.29, 1.82) is 0 Å². The number of carboxylic acids is 1. The molecular weight excluding hydrogens is 462 g/mol. The SMILES string of the molecule is O=C(c1ccc(Oc2ccc(Cl)cc2)cc1)C(Br)CC(=O)N1CCC[C@H]1C(=O)O. The number of aliphatic carboxylic acids is 1. The van der Waals surface area contributed by atoms with Crippen molar-refractivity contribution in [2.75, 3.05) is 6.54 Å². The molecule has 0 aromatic heterocycles. The lowest BCUT2D eigenvalue weighted by Crippen LogP contribution is -2.41. The quantitative estimate of drug-likeness (QED) is 0.464. The summed E-state index contributed by atoms with van der Waals surface area (Å²) in [5, 5.41) is 9.82. The van der Waals surface area contributed by atoms with Crippen molar-refractivity contribution in [3.8, 4) is 11.5 Å². The highest BCUT2D eigenvalue weighted by molar-refractivity contribution is 9.10. The van der Waals surface area contributed by atoms with Gasteiger partial charge in [0.25, 0.3) is 0 Å². The molecule has 8 heteroatoms. The number of amides is 1. The van der Waals surface area contributed by atoms with Crippen molar-refractivity contribution in [1.82, 2.24) is 4.90 Å². The number of halogens is 2. The fourth-order valence-electron chi connectivity index (χ4n) is 3.19. The molecule has 29 heavy (non-hydrogen) atoms. The minimum Gasteiger partial charge on any atom is -0.480 e. The molecule has 1 amide bonds. The zero-order chi connectivity index (χ0) is 21.0. The number of nitrogens with zero attached hydrogens (tertiary/aromatic N) is 1. The fourth-order valence-corrected chi connectivity index (χ4v) is 3.86. The van der Waals surface area contributed by atoms with Gasteiger partial charge in [0.05, 0.1) is 4.83 Å². The monoisotopic (exact) mass is 479 g/mol. The number of carbonyl (C=O) groups is 3. The van der Waals surface area contributed by atoms with Crippen molar-refractivity contribution in [3.63, 3.8) is 0 Å². The maximum absolute atomic E-state index is 12.6. The van der Waals surface area contributed by atoms with Crippen LogP contribution < -0.4 is 4.74 Å². The van der Waals surface area contributed by atoms with Gasteiger partial charge in [0.15, 0.2) is 5.78 Å². The largest absolute Gasteiger partial charge is 0.480 e. The summed E-state index contributed by atoms with van der Waals surface area (Å²) in [7, 11) is 0. The number of hydrogen-bond donors (Lipinski definition) is 1. The van der Waals surface area contributed by atoms with Crippen LogP contribution in [0.4, 0.5) is 0 Å². The van der Waals surface area contributed by atoms with Gasteiger partial charge in [-0.05, 0) is 61.4 Å². The number of rotatable bonds is 7. The van der Waals surface area contributed by atoms with Crippen LogP contribution in [-0.2, 0) is 9.59 Å². The van der Waals surface area contributed by atoms with E-state index in [9.17, 15) is 19.5 Å². The molecule has 1 aliphatic rings. The molecule has 0 spiro atoms. The predicted molar refractivity (Wildman–Crippen MR) is 112 cm³/mol. The van der Waals surface area contributed by atoms with E-state index in [4.69, 9.17) is 16.3 Å². The minimum atomic E-state index is -1.01. The third-order valence-electron chi connectivity index (χ3n) is 4.68. The number of alkyl halides is 1. The van der Waals surface area contributed by atoms with Crippen LogP contribution in [-0.4, -0.2) is 45.1 Å². The maximum Gasteiger partial charge on any atom is 0.326 e. The summed E-state index contributed by atoms with van der Waals surface area (Å²) in [4.78, 5) is 36.9. The summed E-state index contributed by atoms with van der Waals surface area (Å²) < 4.78 is 5.70. The molecule has 1 fully saturated rings. The summed E-state index contributed by atoms with van der Waals surface area (Å²) in [6.45, 7) is 0.403. The van der Waals surface area contributed by atoms with Gasteiger partial charge in [0.1, 0.15) is 17.5 Å². The van der Waals surface area contributed by atoms with Crippen LogP contribution in [0.2, 0.25) is 5.02 Å². The van der Waals surface area contributed by atoms with Crippen LogP contribution in [0.25, 0.3) is 0 Å². The van der Waals surface area contributed by atoms with E-state index in [0.717, 1.165) is 0 Å². The smallest absolute Gasteiger partial charge is 0.326 e. The molecule has 0 radical (unpaired) electrons. The number of ketones is 1. The number of ether oxygens (including phenoxy) is 1. The number of benzene rings is 2. The average molecular weight is 481 g/mol. The van der Waals surface area contributed by atoms with Gasteiger partial charge in [0, 0.05) is 23.6 Å². The van der Waals surface area contributed by atoms with Crippen LogP contribution in [0, 0.1) is 0 Å². The average Bonchev–Trinajstić information content (AvgIpc) is 3.20. The Kier molecular flexibility index (Phi) is 6.92. The molecule has 1 aliphatic heterocycles. The Morgan fingerprint density at radius 1 is 1.10 bits per heavy atom. The molecule has 1 heterocycles. The Bertz CT molecular complexity index is 900. The van der Waals surface area contributed by atoms with Gasteiger partial charge in [-0.1, -0.05) is 27.5 Å². The Balaban J connectivity index is 1.60. The molecule has 2 aromatic carbocycles. The Labute approximate surface area is 181 Å². The third kappa shape index (κ3) is 5.36. The van der Waals surface area contributed by atoms with Gasteiger partial charge >= 0.3 is 5.97 Å². The zero-order valence-electron chi connectivity index (χ0n) is 15.4. The van der Waals surface area contributed by atoms with Crippen LogP contribution in [0.15, 0.2) is 48.5 Å². The highest BCUT2D eigenvalue weighted by atomic mass is 79.9. The van der Waals surface area contributed by atoms with Gasteiger partial charge in [0.2, 0.25) is 5.91 Å². The van der Waals surface area contributed by atoms with Crippen molar-refractivity contribution in [2.24, 2.45) is 0 Å². The predicted octanol–water partition coefficient (Wildman–Crippen LogP) is 4.54. The second-order valence-corrected chi connectivity index (χ2v) is 8.24. The van der Waals surface area contributed by atoms with E-state index in [1.165, 1.54) is 4.90 Å². The lowest BCUT2D eigenvalue weighted by molar-refractivity contribution is -0.148. The van der Waals surface area contributed by atoms with Gasteiger partial charge in [-0.2, -0.15) is 0 Å². The Morgan fingerprint density at radius 2 is 1.69 bits per heavy atom. The van der Waals surface area contributed by atoms with E-state index in [2.05, 4.69) is 15.9 Å². The highest BCUT2D eigenvalue weighted by Gasteiger charge is 2.35. The number of carboxylic acid groups (broad SMARTS) is 1. The van der Waals surface area contributed by atoms with Crippen LogP contribution in [0.1, 0.15) is 29.6 Å². The van der Waals surface area contributed by atoms with E-state index in [1.54, 1.807) is 48.5 Å². The van der Waals surface area contributed by atoms with Gasteiger partial charge < -0.3 is 14.7 Å². The van der Waals surface area contributed by atoms with Crippen LogP contribution >= 0.6 is 27.5 Å². The van der Waals surface area contributed by atoms with E-state index >= 15 is 0 Å². The molecule has 0 bridgehead atoms. The van der Waals surface area contributed by atoms with Crippen molar-refractivity contribution in [3.05, 3.63) is 59.1 Å². The molecular formula is C21H19BrClNO5. The second kappa shape index (κ2) is 9.41. The van der Waals surface area contributed by atoms with Crippen molar-refractivity contribution >= 4 is 45.2 Å². The molecule has 1 N–H and O–H groups in total. The van der Waals surface area contributed by atoms with Crippen molar-refractivity contribution in [2.45, 2.75) is 30.1 Å². The fraction of sp³-hybridized carbons (Fsp3) is 0.286. The molecule has 0 aliphatic carbocycles. The first-order valence-electron chi connectivity index (χ1n) is 9.09. The Morgan fingerprint density at radius 3 is 2.28 bits per heavy atom. The molecule has 0 saturated carbocycles. The van der Waals surface area contributed by atoms with Crippen LogP contribution in [0.5, 0.6) is 11.5 Å². The highest BCUT2D eigenvalue weighted by Crippen LogP contribution is 2.25. The van der Waals surface area contributed by atoms with E-state index in [0.29, 0.717) is 41.5 Å². The summed E-state index contributed by atoms with van der Waals surface area (Å²) in [6, 6.07) is 12.7. The minimum absolute atomic E-state index is 0.0916. The van der Waals surface area contributed by atoms with Crippen LogP contribution in [0.3, 0.4) is 0 Å². The molecule has 1 saturated heterocycles. The summed E-state index contributed by atoms with van der Waals surface area (Å²) >= 11 is 9.12. The number of hydrogen-bond acceptors (Lipinski definition) is 4. The van der Waals surface area contributed by atoms with Crippen molar-refractivity contribution < 1.29 is 24.2 Å². The standard InChI is InChI=1S/C21H19BrClNO5/c22-17(12-19(25)24-11-1-2-18(24)21(27)28)20(26)13-3-7-15(8-4-13)29-16-9-5-14(23)6-10-16/h3-10,17-18H,1-2,11-12H2,(H,27,28)/t17?,18-/m0/s1. The first-order chi connectivity index (χ1) is 13.8. The van der Waals surface area contributed by atoms with Gasteiger partial charge in [-0.25, -0.2) is 4.79 Å². The molecule has 6 nitrogen and oxygen atoms in total. The lowest BCUT2D eigenvalue weighted by atomic mass is 10.1. The summed E-state index contributed by atoms with van der Waals surface area (Å²) in [6.07, 6.45) is 1.00. The molecule has 2 atom stereocenters. The molecule has 2 aromatic rings. The number of carbonyl (C=O) groups excluding carboxylic acids is 2. The first-order valence-corrected chi connectivity index (χ1v) is 10.4. The molecule has 152 valence electrons. The number of likely N-dealkylation sites (tertiary alicyclic amines) is 1. The topological polar surface area (TPSA) is 83.9 Å². The van der Waals surface area contributed by atoms with E-state index in [-0.39, 0.29) is 18.1 Å². The summed E-state index contributed by atoms with van der Waals surface area (Å²) in [5.74, 6) is -0.414. The third-order valence-corrected chi connectivity index (χ3v) is 5.68. The summed E-state index contributed by atoms with van der Waals surface area (Å²) in [5.41, 5.74) is 0.430. The number of Topliss-reactive ketones (excluding diaryl/α,β-unsaturated/α-hetero) is 1. The van der Waals surface area contributed by atoms with Gasteiger partial charge in [-0.15, -0.1) is 0 Å². The normalized spacial score (nSPS) is 17.0. The first kappa shape index (κ1) is 21.3. The lowest BCUT2D eigenvalue weighted by Gasteiger charge is -2.22. The van der Waals surface area contributed by atoms with E-state index < -0.39 is 16.8 Å². The Hall–Kier alpha value is -2.38. The zero-order valence-corrected chi connectivity index (χ0v) is 17.7. The van der Waals surface area contributed by atoms with Gasteiger partial charge in [-0.3, -0.25) is 9.59 Å². The molecule has 1 unspecified atom stereocenters. The van der Waals surface area contributed by atoms with E-state index in [1.807, 2.05) is 0 Å². The molecule has 3 rings (SSSR count). The maximum atomic E-state index is 12.6. The second-order valence-electron chi connectivity index (χ2n) is 6.70.